The first-order valence-electron chi connectivity index (χ1n) is 10.2. The van der Waals surface area contributed by atoms with E-state index in [4.69, 9.17) is 16.6 Å². The predicted octanol–water partition coefficient (Wildman–Crippen LogP) is 6.57. The Balaban J connectivity index is 0.00000141. The van der Waals surface area contributed by atoms with Gasteiger partial charge >= 0.3 is 0 Å². The number of halogens is 2. The molecule has 4 rings (SSSR count). The number of imidazole rings is 1. The van der Waals surface area contributed by atoms with Crippen LogP contribution in [0.15, 0.2) is 89.0 Å². The molecule has 0 spiro atoms. The number of benzene rings is 2. The first-order chi connectivity index (χ1) is 15.3. The second kappa shape index (κ2) is 10.1. The summed E-state index contributed by atoms with van der Waals surface area (Å²) in [6.07, 6.45) is 11.3. The maximum atomic E-state index is 13.3. The summed E-state index contributed by atoms with van der Waals surface area (Å²) < 4.78 is 38.8. The van der Waals surface area contributed by atoms with Crippen molar-refractivity contribution in [3.05, 3.63) is 95.7 Å². The Morgan fingerprint density at radius 2 is 1.62 bits per heavy atom. The van der Waals surface area contributed by atoms with Crippen LogP contribution >= 0.6 is 11.6 Å². The third-order valence-electron chi connectivity index (χ3n) is 4.72. The van der Waals surface area contributed by atoms with Crippen molar-refractivity contribution in [2.24, 2.45) is 0 Å². The number of hydrogen-bond donors (Lipinski definition) is 0. The van der Waals surface area contributed by atoms with E-state index in [0.29, 0.717) is 23.0 Å². The van der Waals surface area contributed by atoms with Crippen molar-refractivity contribution in [3.8, 4) is 16.9 Å². The van der Waals surface area contributed by atoms with Gasteiger partial charge in [-0.2, -0.15) is 0 Å². The molecule has 0 radical (unpaired) electrons. The highest BCUT2D eigenvalue weighted by molar-refractivity contribution is 7.90. The maximum Gasteiger partial charge on any atom is 0.175 e. The fraction of sp³-hybridized carbons (Fsp3) is 0.160. The fourth-order valence-corrected chi connectivity index (χ4v) is 3.95. The van der Waals surface area contributed by atoms with Crippen molar-refractivity contribution < 1.29 is 12.8 Å². The SMILES string of the molecule is CC.CS(=O)(=O)c1ccc(-n2cc(-c3ccc(F)cc3)nc2C2=CCC=C(Cl)C=C2)cc1. The normalized spacial score (nSPS) is 13.5. The van der Waals surface area contributed by atoms with Gasteiger partial charge in [0.05, 0.1) is 10.6 Å². The molecule has 1 heterocycles. The second-order valence-corrected chi connectivity index (χ2v) is 9.36. The molecule has 1 aromatic heterocycles. The van der Waals surface area contributed by atoms with Crippen LogP contribution in [0.3, 0.4) is 0 Å². The molecule has 0 fully saturated rings. The quantitative estimate of drug-likeness (QED) is 0.433. The molecule has 0 bridgehead atoms. The van der Waals surface area contributed by atoms with E-state index in [2.05, 4.69) is 0 Å². The molecule has 0 saturated carbocycles. The number of allylic oxidation sites excluding steroid dienone is 6. The van der Waals surface area contributed by atoms with Crippen LogP contribution in [-0.4, -0.2) is 24.2 Å². The van der Waals surface area contributed by atoms with Gasteiger partial charge in [0.1, 0.15) is 11.6 Å². The van der Waals surface area contributed by atoms with Gasteiger partial charge in [0.25, 0.3) is 0 Å². The van der Waals surface area contributed by atoms with Crippen LogP contribution in [-0.2, 0) is 9.84 Å². The average Bonchev–Trinajstić information content (AvgIpc) is 3.11. The van der Waals surface area contributed by atoms with Crippen molar-refractivity contribution in [1.29, 1.82) is 0 Å². The van der Waals surface area contributed by atoms with Crippen molar-refractivity contribution in [3.63, 3.8) is 0 Å². The Morgan fingerprint density at radius 3 is 2.25 bits per heavy atom. The van der Waals surface area contributed by atoms with Crippen LogP contribution in [0.1, 0.15) is 26.1 Å². The molecule has 0 N–H and O–H groups in total. The van der Waals surface area contributed by atoms with Gasteiger partial charge in [-0.25, -0.2) is 17.8 Å². The minimum atomic E-state index is -3.29. The Kier molecular flexibility index (Phi) is 7.48. The van der Waals surface area contributed by atoms with E-state index in [0.717, 1.165) is 16.8 Å². The van der Waals surface area contributed by atoms with Crippen LogP contribution in [0.4, 0.5) is 4.39 Å². The minimum absolute atomic E-state index is 0.247. The summed E-state index contributed by atoms with van der Waals surface area (Å²) in [5.41, 5.74) is 3.09. The van der Waals surface area contributed by atoms with Gasteiger partial charge in [0.15, 0.2) is 9.84 Å². The van der Waals surface area contributed by atoms with E-state index in [9.17, 15) is 12.8 Å². The topological polar surface area (TPSA) is 52.0 Å². The van der Waals surface area contributed by atoms with Crippen LogP contribution in [0.2, 0.25) is 0 Å². The smallest absolute Gasteiger partial charge is 0.175 e. The molecule has 0 atom stereocenters. The molecule has 0 aliphatic heterocycles. The zero-order chi connectivity index (χ0) is 23.3. The molecule has 3 aromatic rings. The van der Waals surface area contributed by atoms with Gasteiger partial charge in [0, 0.05) is 34.3 Å². The highest BCUT2D eigenvalue weighted by atomic mass is 35.5. The van der Waals surface area contributed by atoms with Crippen molar-refractivity contribution in [1.82, 2.24) is 9.55 Å². The molecule has 0 amide bonds. The van der Waals surface area contributed by atoms with Gasteiger partial charge in [-0.1, -0.05) is 43.7 Å². The lowest BCUT2D eigenvalue weighted by Crippen LogP contribution is -2.01. The molecule has 4 nitrogen and oxygen atoms in total. The summed E-state index contributed by atoms with van der Waals surface area (Å²) in [5, 5.41) is 0.649. The van der Waals surface area contributed by atoms with E-state index in [1.807, 2.05) is 48.9 Å². The van der Waals surface area contributed by atoms with Crippen molar-refractivity contribution in [2.45, 2.75) is 25.2 Å². The zero-order valence-corrected chi connectivity index (χ0v) is 19.7. The van der Waals surface area contributed by atoms with E-state index in [1.165, 1.54) is 18.4 Å². The van der Waals surface area contributed by atoms with Crippen LogP contribution in [0, 0.1) is 5.82 Å². The van der Waals surface area contributed by atoms with E-state index >= 15 is 0 Å². The van der Waals surface area contributed by atoms with E-state index in [1.54, 1.807) is 36.4 Å². The fourth-order valence-electron chi connectivity index (χ4n) is 3.16. The standard InChI is InChI=1S/C23H18ClFN2O2S.C2H6/c1-30(28,29)21-13-11-20(12-14-21)27-15-22(16-6-9-19(25)10-7-16)26-23(27)17-3-2-4-18(24)8-5-17;1-2/h3-15H,2H2,1H3;1-2H3. The summed E-state index contributed by atoms with van der Waals surface area (Å²) in [4.78, 5) is 5.03. The van der Waals surface area contributed by atoms with Gasteiger partial charge in [-0.05, 0) is 61.0 Å². The molecule has 2 aromatic carbocycles. The summed E-state index contributed by atoms with van der Waals surface area (Å²) in [6.45, 7) is 4.00. The summed E-state index contributed by atoms with van der Waals surface area (Å²) >= 11 is 6.13. The summed E-state index contributed by atoms with van der Waals surface area (Å²) in [7, 11) is -3.29. The van der Waals surface area contributed by atoms with Gasteiger partial charge in [-0.3, -0.25) is 4.57 Å². The first-order valence-corrected chi connectivity index (χ1v) is 12.5. The highest BCUT2D eigenvalue weighted by Crippen LogP contribution is 2.28. The lowest BCUT2D eigenvalue weighted by molar-refractivity contribution is 0.602. The van der Waals surface area contributed by atoms with Crippen LogP contribution < -0.4 is 0 Å². The Labute approximate surface area is 193 Å². The number of rotatable bonds is 4. The summed E-state index contributed by atoms with van der Waals surface area (Å²) in [5.74, 6) is 0.363. The zero-order valence-electron chi connectivity index (χ0n) is 18.1. The third-order valence-corrected chi connectivity index (χ3v) is 6.13. The molecule has 1 aliphatic carbocycles. The molecular formula is C25H24ClFN2O2S. The van der Waals surface area contributed by atoms with Crippen molar-refractivity contribution >= 4 is 27.0 Å². The van der Waals surface area contributed by atoms with Crippen LogP contribution in [0.25, 0.3) is 22.5 Å². The Morgan fingerprint density at radius 1 is 0.969 bits per heavy atom. The lowest BCUT2D eigenvalue weighted by atomic mass is 10.2. The molecule has 32 heavy (non-hydrogen) atoms. The predicted molar refractivity (Wildman–Crippen MR) is 129 cm³/mol. The van der Waals surface area contributed by atoms with Crippen LogP contribution in [0.5, 0.6) is 0 Å². The molecule has 1 aliphatic rings. The molecule has 7 heteroatoms. The third kappa shape index (κ3) is 5.44. The number of nitrogens with zero attached hydrogens (tertiary/aromatic N) is 2. The Hall–Kier alpha value is -2.96. The highest BCUT2D eigenvalue weighted by Gasteiger charge is 2.15. The number of sulfone groups is 1. The van der Waals surface area contributed by atoms with Gasteiger partial charge in [0.2, 0.25) is 0 Å². The number of hydrogen-bond acceptors (Lipinski definition) is 3. The maximum absolute atomic E-state index is 13.3. The summed E-state index contributed by atoms with van der Waals surface area (Å²) in [6, 6.07) is 12.8. The molecule has 166 valence electrons. The van der Waals surface area contributed by atoms with Gasteiger partial charge in [-0.15, -0.1) is 0 Å². The van der Waals surface area contributed by atoms with Gasteiger partial charge < -0.3 is 0 Å². The van der Waals surface area contributed by atoms with E-state index < -0.39 is 9.84 Å². The minimum Gasteiger partial charge on any atom is -0.299 e. The average molecular weight is 471 g/mol. The lowest BCUT2D eigenvalue weighted by Gasteiger charge is -2.09. The molecule has 0 unspecified atom stereocenters. The monoisotopic (exact) mass is 470 g/mol. The largest absolute Gasteiger partial charge is 0.299 e. The number of aromatic nitrogens is 2. The van der Waals surface area contributed by atoms with Crippen molar-refractivity contribution in [2.75, 3.05) is 6.26 Å². The Bertz CT molecular complexity index is 1290. The molecular weight excluding hydrogens is 447 g/mol. The second-order valence-electron chi connectivity index (χ2n) is 6.91. The molecule has 0 saturated heterocycles. The van der Waals surface area contributed by atoms with E-state index in [-0.39, 0.29) is 10.7 Å². The first kappa shape index (κ1) is 23.7.